The molecule has 1 aliphatic rings. The molecule has 1 aromatic rings. The standard InChI is InChI=1S/C16H22F4N2/c1-15(2,3)14(22-9-7-21-8-10-22)13-11(16(18,19)20)5-4-6-12(13)17/h4-6,14,21H,7-10H2,1-3H3/t14-/m0/s1. The van der Waals surface area contributed by atoms with E-state index >= 15 is 0 Å². The second-order valence-electron chi connectivity index (χ2n) is 6.75. The molecule has 1 fully saturated rings. The molecule has 0 aromatic heterocycles. The van der Waals surface area contributed by atoms with Crippen molar-refractivity contribution in [3.8, 4) is 0 Å². The molecule has 0 unspecified atom stereocenters. The van der Waals surface area contributed by atoms with Crippen LogP contribution in [0.2, 0.25) is 0 Å². The molecule has 1 saturated heterocycles. The van der Waals surface area contributed by atoms with Crippen LogP contribution in [0, 0.1) is 11.2 Å². The predicted molar refractivity (Wildman–Crippen MR) is 78.0 cm³/mol. The fraction of sp³-hybridized carbons (Fsp3) is 0.625. The van der Waals surface area contributed by atoms with Gasteiger partial charge in [-0.25, -0.2) is 4.39 Å². The second kappa shape index (κ2) is 6.16. The average molecular weight is 318 g/mol. The Morgan fingerprint density at radius 1 is 1.09 bits per heavy atom. The van der Waals surface area contributed by atoms with Gasteiger partial charge in [0.05, 0.1) is 5.56 Å². The Morgan fingerprint density at radius 2 is 1.68 bits per heavy atom. The van der Waals surface area contributed by atoms with Crippen LogP contribution in [0.5, 0.6) is 0 Å². The third-order valence-corrected chi connectivity index (χ3v) is 3.97. The smallest absolute Gasteiger partial charge is 0.314 e. The van der Waals surface area contributed by atoms with E-state index in [1.165, 1.54) is 0 Å². The molecule has 1 aliphatic heterocycles. The Bertz CT molecular complexity index is 514. The molecule has 1 N–H and O–H groups in total. The normalized spacial score (nSPS) is 19.2. The summed E-state index contributed by atoms with van der Waals surface area (Å²) in [5, 5.41) is 3.17. The highest BCUT2D eigenvalue weighted by atomic mass is 19.4. The number of halogens is 4. The highest BCUT2D eigenvalue weighted by molar-refractivity contribution is 5.35. The quantitative estimate of drug-likeness (QED) is 0.834. The van der Waals surface area contributed by atoms with Gasteiger partial charge in [0.1, 0.15) is 5.82 Å². The van der Waals surface area contributed by atoms with E-state index in [1.54, 1.807) is 0 Å². The van der Waals surface area contributed by atoms with Crippen LogP contribution in [0.25, 0.3) is 0 Å². The lowest BCUT2D eigenvalue weighted by molar-refractivity contribution is -0.139. The van der Waals surface area contributed by atoms with Crippen LogP contribution in [0.1, 0.15) is 37.9 Å². The minimum Gasteiger partial charge on any atom is -0.314 e. The summed E-state index contributed by atoms with van der Waals surface area (Å²) in [6.07, 6.45) is -4.56. The van der Waals surface area contributed by atoms with Crippen molar-refractivity contribution in [3.05, 3.63) is 35.1 Å². The van der Waals surface area contributed by atoms with E-state index in [4.69, 9.17) is 0 Å². The molecule has 1 aromatic carbocycles. The molecule has 0 amide bonds. The fourth-order valence-corrected chi connectivity index (χ4v) is 3.17. The molecule has 2 nitrogen and oxygen atoms in total. The third-order valence-electron chi connectivity index (χ3n) is 3.97. The molecule has 0 radical (unpaired) electrons. The molecule has 1 atom stereocenters. The largest absolute Gasteiger partial charge is 0.416 e. The first-order valence-electron chi connectivity index (χ1n) is 7.43. The van der Waals surface area contributed by atoms with Crippen molar-refractivity contribution in [2.24, 2.45) is 5.41 Å². The summed E-state index contributed by atoms with van der Waals surface area (Å²) in [6, 6.07) is 2.59. The Hall–Kier alpha value is -1.14. The third kappa shape index (κ3) is 3.60. The fourth-order valence-electron chi connectivity index (χ4n) is 3.17. The van der Waals surface area contributed by atoms with Crippen molar-refractivity contribution >= 4 is 0 Å². The Labute approximate surface area is 128 Å². The molecule has 0 saturated carbocycles. The van der Waals surface area contributed by atoms with Crippen molar-refractivity contribution in [3.63, 3.8) is 0 Å². The number of nitrogens with zero attached hydrogens (tertiary/aromatic N) is 1. The van der Waals surface area contributed by atoms with Crippen molar-refractivity contribution in [2.45, 2.75) is 33.0 Å². The van der Waals surface area contributed by atoms with Crippen molar-refractivity contribution in [1.29, 1.82) is 0 Å². The van der Waals surface area contributed by atoms with Crippen LogP contribution >= 0.6 is 0 Å². The van der Waals surface area contributed by atoms with Gasteiger partial charge in [-0.3, -0.25) is 4.90 Å². The highest BCUT2D eigenvalue weighted by Crippen LogP contribution is 2.44. The van der Waals surface area contributed by atoms with Crippen LogP contribution in [0.4, 0.5) is 17.6 Å². The summed E-state index contributed by atoms with van der Waals surface area (Å²) >= 11 is 0. The van der Waals surface area contributed by atoms with E-state index in [1.807, 2.05) is 25.7 Å². The number of hydrogen-bond acceptors (Lipinski definition) is 2. The Kier molecular flexibility index (Phi) is 4.82. The molecule has 0 bridgehead atoms. The first kappa shape index (κ1) is 17.2. The lowest BCUT2D eigenvalue weighted by atomic mass is 9.79. The zero-order chi connectivity index (χ0) is 16.5. The summed E-state index contributed by atoms with van der Waals surface area (Å²) in [4.78, 5) is 1.95. The average Bonchev–Trinajstić information content (AvgIpc) is 2.39. The molecule has 6 heteroatoms. The summed E-state index contributed by atoms with van der Waals surface area (Å²) in [5.41, 5.74) is -1.62. The number of piperazine rings is 1. The zero-order valence-corrected chi connectivity index (χ0v) is 13.1. The molecule has 0 spiro atoms. The van der Waals surface area contributed by atoms with Crippen LogP contribution in [-0.4, -0.2) is 31.1 Å². The van der Waals surface area contributed by atoms with E-state index in [0.717, 1.165) is 18.2 Å². The van der Waals surface area contributed by atoms with Gasteiger partial charge in [0, 0.05) is 37.8 Å². The summed E-state index contributed by atoms with van der Waals surface area (Å²) in [7, 11) is 0. The van der Waals surface area contributed by atoms with E-state index < -0.39 is 29.0 Å². The minimum atomic E-state index is -4.56. The summed E-state index contributed by atoms with van der Waals surface area (Å²) < 4.78 is 54.4. The van der Waals surface area contributed by atoms with Crippen LogP contribution in [0.3, 0.4) is 0 Å². The topological polar surface area (TPSA) is 15.3 Å². The van der Waals surface area contributed by atoms with Gasteiger partial charge in [-0.15, -0.1) is 0 Å². The number of rotatable bonds is 2. The van der Waals surface area contributed by atoms with Gasteiger partial charge in [-0.05, 0) is 17.5 Å². The van der Waals surface area contributed by atoms with Gasteiger partial charge < -0.3 is 5.32 Å². The molecule has 0 aliphatic carbocycles. The molecule has 1 heterocycles. The van der Waals surface area contributed by atoms with Crippen LogP contribution < -0.4 is 5.32 Å². The minimum absolute atomic E-state index is 0.232. The van der Waals surface area contributed by atoms with Gasteiger partial charge in [-0.1, -0.05) is 26.8 Å². The Balaban J connectivity index is 2.57. The SMILES string of the molecule is CC(C)(C)[C@H](c1c(F)cccc1C(F)(F)F)N1CCNCC1. The lowest BCUT2D eigenvalue weighted by Gasteiger charge is -2.43. The van der Waals surface area contributed by atoms with Crippen molar-refractivity contribution in [1.82, 2.24) is 10.2 Å². The first-order chi connectivity index (χ1) is 10.1. The Morgan fingerprint density at radius 3 is 2.18 bits per heavy atom. The van der Waals surface area contributed by atoms with Gasteiger partial charge in [0.15, 0.2) is 0 Å². The van der Waals surface area contributed by atoms with Gasteiger partial charge in [0.2, 0.25) is 0 Å². The van der Waals surface area contributed by atoms with Gasteiger partial charge in [0.25, 0.3) is 0 Å². The first-order valence-corrected chi connectivity index (χ1v) is 7.43. The number of benzene rings is 1. The molecule has 2 rings (SSSR count). The van der Waals surface area contributed by atoms with E-state index in [2.05, 4.69) is 5.32 Å². The van der Waals surface area contributed by atoms with E-state index in [-0.39, 0.29) is 5.56 Å². The van der Waals surface area contributed by atoms with E-state index in [9.17, 15) is 17.6 Å². The second-order valence-corrected chi connectivity index (χ2v) is 6.75. The van der Waals surface area contributed by atoms with Gasteiger partial charge in [-0.2, -0.15) is 13.2 Å². The lowest BCUT2D eigenvalue weighted by Crippen LogP contribution is -2.49. The predicted octanol–water partition coefficient (Wildman–Crippen LogP) is 3.84. The maximum absolute atomic E-state index is 14.4. The van der Waals surface area contributed by atoms with Gasteiger partial charge >= 0.3 is 6.18 Å². The highest BCUT2D eigenvalue weighted by Gasteiger charge is 2.42. The van der Waals surface area contributed by atoms with Crippen LogP contribution in [0.15, 0.2) is 18.2 Å². The number of hydrogen-bond donors (Lipinski definition) is 1. The van der Waals surface area contributed by atoms with Crippen molar-refractivity contribution in [2.75, 3.05) is 26.2 Å². The molecular weight excluding hydrogens is 296 g/mol. The van der Waals surface area contributed by atoms with E-state index in [0.29, 0.717) is 26.2 Å². The molecular formula is C16H22F4N2. The molecule has 22 heavy (non-hydrogen) atoms. The van der Waals surface area contributed by atoms with Crippen molar-refractivity contribution < 1.29 is 17.6 Å². The summed E-state index contributed by atoms with van der Waals surface area (Å²) in [6.45, 7) is 8.16. The molecule has 124 valence electrons. The monoisotopic (exact) mass is 318 g/mol. The zero-order valence-electron chi connectivity index (χ0n) is 13.1. The number of alkyl halides is 3. The summed E-state index contributed by atoms with van der Waals surface area (Å²) in [5.74, 6) is -0.784. The van der Waals surface area contributed by atoms with Crippen LogP contribution in [-0.2, 0) is 6.18 Å². The maximum Gasteiger partial charge on any atom is 0.416 e. The number of nitrogens with one attached hydrogen (secondary N) is 1. The maximum atomic E-state index is 14.4.